The minimum absolute atomic E-state index is 0.0108. The first-order valence-electron chi connectivity index (χ1n) is 13.1. The molecule has 1 saturated heterocycles. The number of aliphatic hydroxyl groups is 1. The summed E-state index contributed by atoms with van der Waals surface area (Å²) in [4.78, 5) is 0. The second kappa shape index (κ2) is 13.4. The largest absolute Gasteiger partial charge is 0.497 e. The molecule has 4 rings (SSSR count). The molecule has 2 aromatic rings. The lowest BCUT2D eigenvalue weighted by Gasteiger charge is -2.34. The number of hydrogen-bond donors (Lipinski definition) is 1. The topological polar surface area (TPSA) is 66.4 Å². The van der Waals surface area contributed by atoms with Gasteiger partial charge < -0.3 is 28.8 Å². The van der Waals surface area contributed by atoms with Crippen LogP contribution in [0, 0.1) is 5.92 Å². The van der Waals surface area contributed by atoms with Gasteiger partial charge in [-0.15, -0.1) is 0 Å². The lowest BCUT2D eigenvalue weighted by Crippen LogP contribution is -2.39. The van der Waals surface area contributed by atoms with E-state index in [1.54, 1.807) is 7.11 Å². The standard InChI is InChI=1S/C30H40O6/c1-23(29(31)15-18-33-20-25-10-12-26(32-2)13-11-25)19-27-14-17-30(35-27)16-6-9-28(36-30)22-34-21-24-7-4-3-5-8-24/h3-8,10-13,16,23,27-29,31H,9,14-15,17-22H2,1-2H3/t23-,27?,28+,29-,30-/m1/s1. The van der Waals surface area contributed by atoms with E-state index in [1.807, 2.05) is 42.5 Å². The van der Waals surface area contributed by atoms with Gasteiger partial charge in [0.2, 0.25) is 0 Å². The molecule has 1 unspecified atom stereocenters. The van der Waals surface area contributed by atoms with E-state index in [0.717, 1.165) is 42.6 Å². The molecule has 36 heavy (non-hydrogen) atoms. The molecule has 196 valence electrons. The quantitative estimate of drug-likeness (QED) is 0.295. The molecule has 2 aliphatic heterocycles. The Morgan fingerprint density at radius 3 is 2.47 bits per heavy atom. The molecule has 5 atom stereocenters. The second-order valence-electron chi connectivity index (χ2n) is 9.94. The molecular weight excluding hydrogens is 456 g/mol. The molecule has 2 aliphatic rings. The number of aliphatic hydroxyl groups excluding tert-OH is 1. The highest BCUT2D eigenvalue weighted by Gasteiger charge is 2.43. The first kappa shape index (κ1) is 26.8. The molecule has 6 nitrogen and oxygen atoms in total. The molecule has 0 aromatic heterocycles. The van der Waals surface area contributed by atoms with E-state index >= 15 is 0 Å². The van der Waals surface area contributed by atoms with Crippen LogP contribution in [-0.4, -0.2) is 49.5 Å². The number of ether oxygens (including phenoxy) is 5. The second-order valence-corrected chi connectivity index (χ2v) is 9.94. The zero-order valence-electron chi connectivity index (χ0n) is 21.5. The Morgan fingerprint density at radius 2 is 1.69 bits per heavy atom. The molecule has 1 fully saturated rings. The normalized spacial score (nSPS) is 25.2. The Labute approximate surface area is 215 Å². The predicted octanol–water partition coefficient (Wildman–Crippen LogP) is 5.43. The van der Waals surface area contributed by atoms with Crippen LogP contribution in [0.1, 0.15) is 50.2 Å². The van der Waals surface area contributed by atoms with Gasteiger partial charge in [-0.2, -0.15) is 0 Å². The molecule has 1 spiro atoms. The molecular formula is C30H40O6. The highest BCUT2D eigenvalue weighted by molar-refractivity contribution is 5.26. The van der Waals surface area contributed by atoms with Crippen molar-refractivity contribution in [2.75, 3.05) is 20.3 Å². The third-order valence-corrected chi connectivity index (χ3v) is 7.01. The Balaban J connectivity index is 1.14. The van der Waals surface area contributed by atoms with Crippen molar-refractivity contribution in [2.24, 2.45) is 5.92 Å². The van der Waals surface area contributed by atoms with Crippen molar-refractivity contribution < 1.29 is 28.8 Å². The van der Waals surface area contributed by atoms with Crippen molar-refractivity contribution in [3.8, 4) is 5.75 Å². The van der Waals surface area contributed by atoms with Gasteiger partial charge in [-0.1, -0.05) is 55.5 Å². The minimum atomic E-state index is -0.657. The van der Waals surface area contributed by atoms with Crippen molar-refractivity contribution in [3.63, 3.8) is 0 Å². The van der Waals surface area contributed by atoms with Crippen molar-refractivity contribution in [3.05, 3.63) is 77.9 Å². The van der Waals surface area contributed by atoms with Crippen LogP contribution < -0.4 is 4.74 Å². The zero-order chi connectivity index (χ0) is 25.2. The average Bonchev–Trinajstić information content (AvgIpc) is 3.28. The summed E-state index contributed by atoms with van der Waals surface area (Å²) in [6.45, 7) is 4.25. The van der Waals surface area contributed by atoms with E-state index in [1.165, 1.54) is 0 Å². The summed E-state index contributed by atoms with van der Waals surface area (Å²) in [7, 11) is 1.66. The smallest absolute Gasteiger partial charge is 0.188 e. The number of hydrogen-bond acceptors (Lipinski definition) is 6. The maximum atomic E-state index is 10.7. The van der Waals surface area contributed by atoms with Crippen molar-refractivity contribution in [2.45, 2.75) is 76.3 Å². The summed E-state index contributed by atoms with van der Waals surface area (Å²) in [5.41, 5.74) is 2.25. The summed E-state index contributed by atoms with van der Waals surface area (Å²) in [5.74, 6) is 0.294. The molecule has 6 heteroatoms. The van der Waals surface area contributed by atoms with Crippen molar-refractivity contribution in [1.82, 2.24) is 0 Å². The van der Waals surface area contributed by atoms with Crippen LogP contribution in [0.5, 0.6) is 5.75 Å². The van der Waals surface area contributed by atoms with Gasteiger partial charge in [-0.05, 0) is 60.9 Å². The summed E-state index contributed by atoms with van der Waals surface area (Å²) < 4.78 is 29.6. The molecule has 1 N–H and O–H groups in total. The Kier molecular flexibility index (Phi) is 9.96. The lowest BCUT2D eigenvalue weighted by molar-refractivity contribution is -0.234. The summed E-state index contributed by atoms with van der Waals surface area (Å²) in [6.07, 6.45) is 7.84. The molecule has 0 aliphatic carbocycles. The monoisotopic (exact) mass is 496 g/mol. The number of benzene rings is 2. The van der Waals surface area contributed by atoms with Crippen molar-refractivity contribution in [1.29, 1.82) is 0 Å². The summed E-state index contributed by atoms with van der Waals surface area (Å²) >= 11 is 0. The van der Waals surface area contributed by atoms with Crippen LogP contribution in [0.15, 0.2) is 66.7 Å². The van der Waals surface area contributed by atoms with Gasteiger partial charge in [0.05, 0.1) is 45.2 Å². The van der Waals surface area contributed by atoms with Gasteiger partial charge in [0.25, 0.3) is 0 Å². The Hall–Kier alpha value is -2.22. The maximum Gasteiger partial charge on any atom is 0.188 e. The fourth-order valence-electron chi connectivity index (χ4n) is 4.86. The van der Waals surface area contributed by atoms with Crippen molar-refractivity contribution >= 4 is 0 Å². The maximum absolute atomic E-state index is 10.7. The lowest BCUT2D eigenvalue weighted by atomic mass is 9.94. The average molecular weight is 497 g/mol. The van der Waals surface area contributed by atoms with Crippen LogP contribution in [0.25, 0.3) is 0 Å². The minimum Gasteiger partial charge on any atom is -0.497 e. The Bertz CT molecular complexity index is 930. The fraction of sp³-hybridized carbons (Fsp3) is 0.533. The third-order valence-electron chi connectivity index (χ3n) is 7.01. The molecule has 2 heterocycles. The fourth-order valence-corrected chi connectivity index (χ4v) is 4.86. The van der Waals surface area contributed by atoms with Gasteiger partial charge in [0.15, 0.2) is 5.79 Å². The molecule has 0 radical (unpaired) electrons. The number of methoxy groups -OCH3 is 1. The molecule has 0 amide bonds. The van der Waals surface area contributed by atoms with Gasteiger partial charge >= 0.3 is 0 Å². The first-order valence-corrected chi connectivity index (χ1v) is 13.1. The SMILES string of the molecule is COc1ccc(COCC[C@@H](O)[C@H](C)CC2CC[C@]3(C=CC[C@@H](COCc4ccccc4)O3)O2)cc1. The van der Waals surface area contributed by atoms with Crippen LogP contribution in [0.4, 0.5) is 0 Å². The summed E-state index contributed by atoms with van der Waals surface area (Å²) in [5, 5.41) is 10.7. The summed E-state index contributed by atoms with van der Waals surface area (Å²) in [6, 6.07) is 18.0. The highest BCUT2D eigenvalue weighted by Crippen LogP contribution is 2.39. The molecule has 0 bridgehead atoms. The number of rotatable bonds is 13. The van der Waals surface area contributed by atoms with Crippen LogP contribution in [-0.2, 0) is 32.2 Å². The van der Waals surface area contributed by atoms with Crippen LogP contribution in [0.2, 0.25) is 0 Å². The van der Waals surface area contributed by atoms with Gasteiger partial charge in [0, 0.05) is 13.0 Å². The van der Waals surface area contributed by atoms with E-state index in [4.69, 9.17) is 23.7 Å². The van der Waals surface area contributed by atoms with Gasteiger partial charge in [-0.3, -0.25) is 0 Å². The Morgan fingerprint density at radius 1 is 0.972 bits per heavy atom. The molecule has 0 saturated carbocycles. The van der Waals surface area contributed by atoms with E-state index in [0.29, 0.717) is 32.8 Å². The van der Waals surface area contributed by atoms with E-state index in [2.05, 4.69) is 31.2 Å². The van der Waals surface area contributed by atoms with E-state index < -0.39 is 11.9 Å². The van der Waals surface area contributed by atoms with E-state index in [9.17, 15) is 5.11 Å². The van der Waals surface area contributed by atoms with E-state index in [-0.39, 0.29) is 18.1 Å². The van der Waals surface area contributed by atoms with Gasteiger partial charge in [0.1, 0.15) is 5.75 Å². The molecule has 2 aromatic carbocycles. The van der Waals surface area contributed by atoms with Crippen LogP contribution in [0.3, 0.4) is 0 Å². The predicted molar refractivity (Wildman–Crippen MR) is 139 cm³/mol. The van der Waals surface area contributed by atoms with Crippen LogP contribution >= 0.6 is 0 Å². The highest BCUT2D eigenvalue weighted by atomic mass is 16.7. The first-order chi connectivity index (χ1) is 17.5. The zero-order valence-corrected chi connectivity index (χ0v) is 21.5. The third kappa shape index (κ3) is 7.89. The van der Waals surface area contributed by atoms with Gasteiger partial charge in [-0.25, -0.2) is 0 Å².